The van der Waals surface area contributed by atoms with Crippen LogP contribution in [-0.2, 0) is 4.79 Å². The molecule has 4 nitrogen and oxygen atoms in total. The maximum Gasteiger partial charge on any atom is 0.230 e. The van der Waals surface area contributed by atoms with Crippen molar-refractivity contribution in [2.75, 3.05) is 12.8 Å². The van der Waals surface area contributed by atoms with Gasteiger partial charge in [0, 0.05) is 30.2 Å². The number of rotatable bonds is 4. The van der Waals surface area contributed by atoms with Crippen LogP contribution in [0, 0.1) is 0 Å². The summed E-state index contributed by atoms with van der Waals surface area (Å²) >= 11 is 7.34. The number of imidazole rings is 1. The lowest BCUT2D eigenvalue weighted by Crippen LogP contribution is -2.20. The molecule has 0 aliphatic heterocycles. The highest BCUT2D eigenvalue weighted by Gasteiger charge is 2.08. The van der Waals surface area contributed by atoms with Crippen LogP contribution < -0.4 is 5.32 Å². The molecule has 0 aliphatic carbocycles. The second kappa shape index (κ2) is 5.93. The van der Waals surface area contributed by atoms with Gasteiger partial charge in [-0.2, -0.15) is 0 Å². The van der Waals surface area contributed by atoms with E-state index in [1.54, 1.807) is 13.2 Å². The van der Waals surface area contributed by atoms with Crippen molar-refractivity contribution in [1.29, 1.82) is 0 Å². The van der Waals surface area contributed by atoms with E-state index >= 15 is 0 Å². The van der Waals surface area contributed by atoms with Gasteiger partial charge in [0.25, 0.3) is 0 Å². The van der Waals surface area contributed by atoms with E-state index in [1.807, 2.05) is 35.0 Å². The molecule has 0 saturated carbocycles. The summed E-state index contributed by atoms with van der Waals surface area (Å²) in [6.45, 7) is 0. The number of halogens is 1. The van der Waals surface area contributed by atoms with Crippen LogP contribution in [0.15, 0.2) is 41.8 Å². The lowest BCUT2D eigenvalue weighted by molar-refractivity contribution is -0.118. The molecule has 2 rings (SSSR count). The first kappa shape index (κ1) is 13.0. The summed E-state index contributed by atoms with van der Waals surface area (Å²) in [5, 5.41) is 4.01. The molecule has 0 bridgehead atoms. The van der Waals surface area contributed by atoms with Crippen molar-refractivity contribution < 1.29 is 4.79 Å². The predicted molar refractivity (Wildman–Crippen MR) is 73.4 cm³/mol. The molecular formula is C12H12ClN3OS. The van der Waals surface area contributed by atoms with E-state index in [-0.39, 0.29) is 5.91 Å². The second-order valence-electron chi connectivity index (χ2n) is 3.52. The highest BCUT2D eigenvalue weighted by molar-refractivity contribution is 7.99. The number of aromatic nitrogens is 2. The highest BCUT2D eigenvalue weighted by atomic mass is 35.5. The van der Waals surface area contributed by atoms with Gasteiger partial charge in [-0.05, 0) is 18.2 Å². The Bertz CT molecular complexity index is 556. The van der Waals surface area contributed by atoms with Crippen molar-refractivity contribution in [1.82, 2.24) is 14.9 Å². The minimum absolute atomic E-state index is 0.0272. The third-order valence-corrected chi connectivity index (χ3v) is 3.51. The Labute approximate surface area is 114 Å². The number of benzene rings is 1. The fourth-order valence-electron chi connectivity index (χ4n) is 1.42. The maximum absolute atomic E-state index is 11.2. The topological polar surface area (TPSA) is 46.9 Å². The number of carbonyl (C=O) groups is 1. The maximum atomic E-state index is 11.2. The fraction of sp³-hybridized carbons (Fsp3) is 0.167. The predicted octanol–water partition coefficient (Wildman–Crippen LogP) is 2.36. The Morgan fingerprint density at radius 1 is 1.56 bits per heavy atom. The number of thioether (sulfide) groups is 1. The van der Waals surface area contributed by atoms with E-state index in [2.05, 4.69) is 10.3 Å². The molecule has 0 atom stereocenters. The molecule has 0 unspecified atom stereocenters. The molecule has 1 amide bonds. The normalized spacial score (nSPS) is 10.3. The van der Waals surface area contributed by atoms with Gasteiger partial charge in [-0.25, -0.2) is 4.98 Å². The summed E-state index contributed by atoms with van der Waals surface area (Å²) in [5.74, 6) is 0.314. The molecule has 0 saturated heterocycles. The zero-order valence-electron chi connectivity index (χ0n) is 9.76. The molecule has 0 aliphatic rings. The van der Waals surface area contributed by atoms with E-state index in [1.165, 1.54) is 11.8 Å². The molecular weight excluding hydrogens is 270 g/mol. The van der Waals surface area contributed by atoms with E-state index in [0.29, 0.717) is 10.8 Å². The van der Waals surface area contributed by atoms with Crippen LogP contribution in [0.2, 0.25) is 5.02 Å². The van der Waals surface area contributed by atoms with Crippen LogP contribution in [0.25, 0.3) is 5.69 Å². The van der Waals surface area contributed by atoms with E-state index < -0.39 is 0 Å². The van der Waals surface area contributed by atoms with Crippen LogP contribution in [0.1, 0.15) is 0 Å². The summed E-state index contributed by atoms with van der Waals surface area (Å²) in [4.78, 5) is 15.5. The Balaban J connectivity index is 2.20. The van der Waals surface area contributed by atoms with Gasteiger partial charge in [-0.15, -0.1) is 0 Å². The van der Waals surface area contributed by atoms with Crippen LogP contribution in [0.5, 0.6) is 0 Å². The van der Waals surface area contributed by atoms with Gasteiger partial charge < -0.3 is 5.32 Å². The molecule has 0 spiro atoms. The second-order valence-corrected chi connectivity index (χ2v) is 4.90. The Hall–Kier alpha value is -1.46. The average molecular weight is 282 g/mol. The van der Waals surface area contributed by atoms with Gasteiger partial charge >= 0.3 is 0 Å². The largest absolute Gasteiger partial charge is 0.358 e. The minimum Gasteiger partial charge on any atom is -0.358 e. The molecule has 1 heterocycles. The average Bonchev–Trinajstić information content (AvgIpc) is 2.84. The number of nitrogens with zero attached hydrogens (tertiary/aromatic N) is 2. The van der Waals surface area contributed by atoms with Crippen LogP contribution in [0.4, 0.5) is 0 Å². The van der Waals surface area contributed by atoms with Gasteiger partial charge in [0.1, 0.15) is 0 Å². The molecule has 1 aromatic carbocycles. The first-order valence-corrected chi connectivity index (χ1v) is 6.69. The zero-order chi connectivity index (χ0) is 13.0. The number of hydrogen-bond donors (Lipinski definition) is 1. The number of carbonyl (C=O) groups excluding carboxylic acids is 1. The van der Waals surface area contributed by atoms with E-state index in [9.17, 15) is 4.79 Å². The minimum atomic E-state index is -0.0272. The number of hydrogen-bond acceptors (Lipinski definition) is 3. The van der Waals surface area contributed by atoms with Crippen LogP contribution >= 0.6 is 23.4 Å². The Kier molecular flexibility index (Phi) is 4.28. The van der Waals surface area contributed by atoms with Crippen molar-refractivity contribution in [3.05, 3.63) is 41.7 Å². The van der Waals surface area contributed by atoms with Gasteiger partial charge in [0.05, 0.1) is 5.75 Å². The summed E-state index contributed by atoms with van der Waals surface area (Å²) in [5.41, 5.74) is 0.930. The first-order valence-electron chi connectivity index (χ1n) is 5.33. The van der Waals surface area contributed by atoms with Crippen molar-refractivity contribution >= 4 is 29.3 Å². The van der Waals surface area contributed by atoms with E-state index in [4.69, 9.17) is 11.6 Å². The molecule has 0 fully saturated rings. The lowest BCUT2D eigenvalue weighted by atomic mass is 10.3. The zero-order valence-corrected chi connectivity index (χ0v) is 11.3. The SMILES string of the molecule is CNC(=O)CSc1nccn1-c1cccc(Cl)c1. The monoisotopic (exact) mass is 281 g/mol. The molecule has 1 N–H and O–H groups in total. The molecule has 2 aromatic rings. The lowest BCUT2D eigenvalue weighted by Gasteiger charge is -2.07. The van der Waals surface area contributed by atoms with Gasteiger partial charge in [-0.3, -0.25) is 9.36 Å². The third kappa shape index (κ3) is 3.05. The summed E-state index contributed by atoms with van der Waals surface area (Å²) < 4.78 is 1.90. The standard InChI is InChI=1S/C12H12ClN3OS/c1-14-11(17)8-18-12-15-5-6-16(12)10-4-2-3-9(13)7-10/h2-7H,8H2,1H3,(H,14,17). The van der Waals surface area contributed by atoms with Crippen molar-refractivity contribution in [3.8, 4) is 5.69 Å². The van der Waals surface area contributed by atoms with Gasteiger partial charge in [-0.1, -0.05) is 29.4 Å². The highest BCUT2D eigenvalue weighted by Crippen LogP contribution is 2.22. The van der Waals surface area contributed by atoms with Crippen LogP contribution in [-0.4, -0.2) is 28.3 Å². The molecule has 6 heteroatoms. The first-order chi connectivity index (χ1) is 8.70. The Morgan fingerprint density at radius 3 is 3.11 bits per heavy atom. The van der Waals surface area contributed by atoms with Gasteiger partial charge in [0.15, 0.2) is 5.16 Å². The Morgan fingerprint density at radius 2 is 2.39 bits per heavy atom. The molecule has 94 valence electrons. The fourth-order valence-corrected chi connectivity index (χ4v) is 2.45. The number of amides is 1. The number of nitrogens with one attached hydrogen (secondary N) is 1. The third-order valence-electron chi connectivity index (χ3n) is 2.30. The smallest absolute Gasteiger partial charge is 0.230 e. The van der Waals surface area contributed by atoms with Crippen molar-refractivity contribution in [2.45, 2.75) is 5.16 Å². The van der Waals surface area contributed by atoms with Crippen molar-refractivity contribution in [3.63, 3.8) is 0 Å². The quantitative estimate of drug-likeness (QED) is 0.875. The summed E-state index contributed by atoms with van der Waals surface area (Å²) in [6.07, 6.45) is 3.55. The van der Waals surface area contributed by atoms with Crippen LogP contribution in [0.3, 0.4) is 0 Å². The molecule has 0 radical (unpaired) electrons. The molecule has 1 aromatic heterocycles. The van der Waals surface area contributed by atoms with Crippen molar-refractivity contribution in [2.24, 2.45) is 0 Å². The van der Waals surface area contributed by atoms with E-state index in [0.717, 1.165) is 10.8 Å². The summed E-state index contributed by atoms with van der Waals surface area (Å²) in [6, 6.07) is 7.49. The van der Waals surface area contributed by atoms with Gasteiger partial charge in [0.2, 0.25) is 5.91 Å². The molecule has 18 heavy (non-hydrogen) atoms. The summed E-state index contributed by atoms with van der Waals surface area (Å²) in [7, 11) is 1.62.